The van der Waals surface area contributed by atoms with Crippen LogP contribution in [0.2, 0.25) is 0 Å². The first-order valence-electron chi connectivity index (χ1n) is 9.90. The molecular formula is C19H34N4O5. The quantitative estimate of drug-likeness (QED) is 0.351. The maximum Gasteiger partial charge on any atom is 0.326 e. The molecule has 0 aromatic carbocycles. The first-order chi connectivity index (χ1) is 13.0. The first kappa shape index (κ1) is 23.9. The number of amides is 3. The van der Waals surface area contributed by atoms with Crippen molar-refractivity contribution in [3.05, 3.63) is 0 Å². The van der Waals surface area contributed by atoms with E-state index in [4.69, 9.17) is 0 Å². The summed E-state index contributed by atoms with van der Waals surface area (Å²) in [6.45, 7) is 9.60. The molecule has 4 unspecified atom stereocenters. The summed E-state index contributed by atoms with van der Waals surface area (Å²) in [6.07, 6.45) is 1.93. The fourth-order valence-corrected chi connectivity index (χ4v) is 3.06. The molecule has 0 aliphatic carbocycles. The Hall–Kier alpha value is -2.16. The molecule has 1 fully saturated rings. The molecule has 1 heterocycles. The van der Waals surface area contributed by atoms with Crippen LogP contribution in [0.1, 0.15) is 53.9 Å². The lowest BCUT2D eigenvalue weighted by Crippen LogP contribution is -2.57. The van der Waals surface area contributed by atoms with Crippen LogP contribution in [0.4, 0.5) is 0 Å². The molecule has 0 aromatic heterocycles. The highest BCUT2D eigenvalue weighted by Gasteiger charge is 2.31. The molecule has 9 heteroatoms. The summed E-state index contributed by atoms with van der Waals surface area (Å²) >= 11 is 0. The minimum atomic E-state index is -1.11. The van der Waals surface area contributed by atoms with E-state index in [9.17, 15) is 24.3 Å². The largest absolute Gasteiger partial charge is 0.480 e. The molecule has 4 atom stereocenters. The SMILES string of the molecule is CC(C)CC(NC(=O)C(C)NC(=O)C(NC(=O)C1CCCN1)C(C)C)C(=O)O. The second kappa shape index (κ2) is 11.0. The molecule has 0 spiro atoms. The molecule has 5 N–H and O–H groups in total. The fourth-order valence-electron chi connectivity index (χ4n) is 3.06. The van der Waals surface area contributed by atoms with Gasteiger partial charge in [0.15, 0.2) is 0 Å². The van der Waals surface area contributed by atoms with E-state index in [0.717, 1.165) is 19.4 Å². The average Bonchev–Trinajstić information content (AvgIpc) is 3.12. The van der Waals surface area contributed by atoms with Gasteiger partial charge in [-0.25, -0.2) is 4.79 Å². The van der Waals surface area contributed by atoms with Gasteiger partial charge in [-0.15, -0.1) is 0 Å². The molecular weight excluding hydrogens is 364 g/mol. The molecule has 0 radical (unpaired) electrons. The predicted octanol–water partition coefficient (Wildman–Crippen LogP) is -0.000600. The Labute approximate surface area is 166 Å². The van der Waals surface area contributed by atoms with Crippen LogP contribution in [0.25, 0.3) is 0 Å². The van der Waals surface area contributed by atoms with Gasteiger partial charge in [-0.1, -0.05) is 27.7 Å². The minimum absolute atomic E-state index is 0.0935. The van der Waals surface area contributed by atoms with E-state index in [2.05, 4.69) is 21.3 Å². The van der Waals surface area contributed by atoms with Gasteiger partial charge in [-0.3, -0.25) is 14.4 Å². The summed E-state index contributed by atoms with van der Waals surface area (Å²) in [7, 11) is 0. The summed E-state index contributed by atoms with van der Waals surface area (Å²) in [5, 5.41) is 20.1. The molecule has 28 heavy (non-hydrogen) atoms. The molecule has 1 aliphatic heterocycles. The minimum Gasteiger partial charge on any atom is -0.480 e. The van der Waals surface area contributed by atoms with Crippen LogP contribution in [-0.2, 0) is 19.2 Å². The van der Waals surface area contributed by atoms with Crippen molar-refractivity contribution < 1.29 is 24.3 Å². The van der Waals surface area contributed by atoms with Gasteiger partial charge < -0.3 is 26.4 Å². The average molecular weight is 399 g/mol. The predicted molar refractivity (Wildman–Crippen MR) is 104 cm³/mol. The maximum absolute atomic E-state index is 12.6. The number of hydrogen-bond acceptors (Lipinski definition) is 5. The lowest BCUT2D eigenvalue weighted by Gasteiger charge is -2.25. The molecule has 1 saturated heterocycles. The van der Waals surface area contributed by atoms with Crippen LogP contribution in [0.15, 0.2) is 0 Å². The standard InChI is InChI=1S/C19H34N4O5/c1-10(2)9-14(19(27)28)22-16(24)12(5)21-18(26)15(11(3)4)23-17(25)13-7-6-8-20-13/h10-15,20H,6-9H2,1-5H3,(H,21,26)(H,22,24)(H,23,25)(H,27,28). The Morgan fingerprint density at radius 2 is 1.64 bits per heavy atom. The van der Waals surface area contributed by atoms with Crippen molar-refractivity contribution in [2.45, 2.75) is 78.0 Å². The van der Waals surface area contributed by atoms with Crippen molar-refractivity contribution in [1.82, 2.24) is 21.3 Å². The highest BCUT2D eigenvalue weighted by molar-refractivity contribution is 5.94. The van der Waals surface area contributed by atoms with Crippen molar-refractivity contribution in [1.29, 1.82) is 0 Å². The van der Waals surface area contributed by atoms with E-state index in [1.807, 2.05) is 13.8 Å². The number of carboxylic acid groups (broad SMARTS) is 1. The number of carbonyl (C=O) groups excluding carboxylic acids is 3. The molecule has 9 nitrogen and oxygen atoms in total. The number of nitrogens with one attached hydrogen (secondary N) is 4. The third-order valence-electron chi connectivity index (χ3n) is 4.70. The zero-order valence-corrected chi connectivity index (χ0v) is 17.4. The van der Waals surface area contributed by atoms with E-state index >= 15 is 0 Å². The second-order valence-electron chi connectivity index (χ2n) is 8.14. The van der Waals surface area contributed by atoms with Gasteiger partial charge in [0.05, 0.1) is 6.04 Å². The molecule has 0 saturated carbocycles. The third kappa shape index (κ3) is 7.46. The van der Waals surface area contributed by atoms with Gasteiger partial charge in [0.1, 0.15) is 18.1 Å². The van der Waals surface area contributed by atoms with Crippen molar-refractivity contribution in [3.8, 4) is 0 Å². The summed E-state index contributed by atoms with van der Waals surface area (Å²) < 4.78 is 0. The molecule has 0 bridgehead atoms. The van der Waals surface area contributed by atoms with Gasteiger partial charge in [0.2, 0.25) is 17.7 Å². The van der Waals surface area contributed by atoms with Crippen molar-refractivity contribution in [2.75, 3.05) is 6.54 Å². The van der Waals surface area contributed by atoms with Gasteiger partial charge in [0.25, 0.3) is 0 Å². The topological polar surface area (TPSA) is 137 Å². The molecule has 1 rings (SSSR count). The Balaban J connectivity index is 2.66. The lowest BCUT2D eigenvalue weighted by atomic mass is 10.0. The summed E-state index contributed by atoms with van der Waals surface area (Å²) in [4.78, 5) is 48.5. The molecule has 160 valence electrons. The van der Waals surface area contributed by atoms with Gasteiger partial charge in [-0.2, -0.15) is 0 Å². The van der Waals surface area contributed by atoms with Gasteiger partial charge >= 0.3 is 5.97 Å². The normalized spacial score (nSPS) is 19.8. The Morgan fingerprint density at radius 3 is 2.11 bits per heavy atom. The van der Waals surface area contributed by atoms with E-state index < -0.39 is 35.9 Å². The van der Waals surface area contributed by atoms with Crippen molar-refractivity contribution in [3.63, 3.8) is 0 Å². The summed E-state index contributed by atoms with van der Waals surface area (Å²) in [5.41, 5.74) is 0. The summed E-state index contributed by atoms with van der Waals surface area (Å²) in [5.74, 6) is -2.47. The Kier molecular flexibility index (Phi) is 9.37. The van der Waals surface area contributed by atoms with Gasteiger partial charge in [-0.05, 0) is 44.6 Å². The zero-order valence-electron chi connectivity index (χ0n) is 17.4. The van der Waals surface area contributed by atoms with Crippen LogP contribution >= 0.6 is 0 Å². The van der Waals surface area contributed by atoms with Crippen LogP contribution in [0.5, 0.6) is 0 Å². The second-order valence-corrected chi connectivity index (χ2v) is 8.14. The number of rotatable bonds is 10. The van der Waals surface area contributed by atoms with Crippen molar-refractivity contribution in [2.24, 2.45) is 11.8 Å². The fraction of sp³-hybridized carbons (Fsp3) is 0.789. The van der Waals surface area contributed by atoms with Crippen LogP contribution in [0, 0.1) is 11.8 Å². The highest BCUT2D eigenvalue weighted by Crippen LogP contribution is 2.09. The smallest absolute Gasteiger partial charge is 0.326 e. The first-order valence-corrected chi connectivity index (χ1v) is 9.90. The molecule has 1 aliphatic rings. The number of hydrogen-bond donors (Lipinski definition) is 5. The Morgan fingerprint density at radius 1 is 1.00 bits per heavy atom. The van der Waals surface area contributed by atoms with E-state index in [1.165, 1.54) is 6.92 Å². The van der Waals surface area contributed by atoms with E-state index in [1.54, 1.807) is 13.8 Å². The zero-order chi connectivity index (χ0) is 21.4. The van der Waals surface area contributed by atoms with E-state index in [0.29, 0.717) is 6.42 Å². The van der Waals surface area contributed by atoms with E-state index in [-0.39, 0.29) is 23.8 Å². The van der Waals surface area contributed by atoms with Crippen LogP contribution in [0.3, 0.4) is 0 Å². The third-order valence-corrected chi connectivity index (χ3v) is 4.70. The highest BCUT2D eigenvalue weighted by atomic mass is 16.4. The molecule has 3 amide bonds. The number of carbonyl (C=O) groups is 4. The number of carboxylic acids is 1. The number of aliphatic carboxylic acids is 1. The monoisotopic (exact) mass is 398 g/mol. The van der Waals surface area contributed by atoms with Crippen molar-refractivity contribution >= 4 is 23.7 Å². The maximum atomic E-state index is 12.6. The Bertz CT molecular complexity index is 573. The van der Waals surface area contributed by atoms with Gasteiger partial charge in [0, 0.05) is 0 Å². The summed E-state index contributed by atoms with van der Waals surface area (Å²) in [6, 6.07) is -3.02. The van der Waals surface area contributed by atoms with Crippen LogP contribution in [-0.4, -0.2) is 59.5 Å². The lowest BCUT2D eigenvalue weighted by molar-refractivity contribution is -0.142. The molecule has 0 aromatic rings. The van der Waals surface area contributed by atoms with Crippen LogP contribution < -0.4 is 21.3 Å².